The molecular weight excluding hydrogens is 360 g/mol. The molecule has 0 unspecified atom stereocenters. The molecule has 4 rings (SSSR count). The van der Waals surface area contributed by atoms with E-state index in [9.17, 15) is 9.59 Å². The summed E-state index contributed by atoms with van der Waals surface area (Å²) in [5.74, 6) is 0.715. The Labute approximate surface area is 173 Å². The van der Waals surface area contributed by atoms with Crippen molar-refractivity contribution >= 4 is 11.7 Å². The number of ketones is 1. The number of hydrogen-bond acceptors (Lipinski definition) is 3. The van der Waals surface area contributed by atoms with Crippen molar-refractivity contribution < 1.29 is 9.59 Å². The molecule has 4 nitrogen and oxygen atoms in total. The van der Waals surface area contributed by atoms with Gasteiger partial charge in [-0.1, -0.05) is 42.0 Å². The molecule has 1 amide bonds. The lowest BCUT2D eigenvalue weighted by Gasteiger charge is -2.32. The van der Waals surface area contributed by atoms with E-state index in [1.54, 1.807) is 0 Å². The number of fused-ring (bicyclic) bond motifs is 1. The minimum Gasteiger partial charge on any atom is -0.343 e. The molecule has 0 bridgehead atoms. The molecular formula is C25H30N2O2. The average Bonchev–Trinajstić information content (AvgIpc) is 2.77. The molecule has 0 radical (unpaired) electrons. The molecule has 152 valence electrons. The second kappa shape index (κ2) is 8.91. The molecule has 1 saturated heterocycles. The molecule has 0 aliphatic carbocycles. The smallest absolute Gasteiger partial charge is 0.223 e. The van der Waals surface area contributed by atoms with Crippen molar-refractivity contribution in [1.29, 1.82) is 0 Å². The van der Waals surface area contributed by atoms with E-state index in [4.69, 9.17) is 0 Å². The number of aryl methyl sites for hydroxylation is 1. The lowest BCUT2D eigenvalue weighted by molar-refractivity contribution is -0.132. The van der Waals surface area contributed by atoms with Gasteiger partial charge in [0.05, 0.1) is 0 Å². The third-order valence-electron chi connectivity index (χ3n) is 6.38. The number of Topliss-reactive ketones (excluding diaryl/α,β-unsaturated/α-hetero) is 1. The standard InChI is InChI=1S/C25H30N2O2/c1-18-2-4-19(5-3-18)21-11-14-27(15-12-21)25(29)9-8-24(28)22-7-6-20-10-13-26-17-23(20)16-22/h2-7,16,21,26H,8-15,17H2,1H3. The van der Waals surface area contributed by atoms with Crippen LogP contribution >= 0.6 is 0 Å². The van der Waals surface area contributed by atoms with Gasteiger partial charge in [-0.15, -0.1) is 0 Å². The van der Waals surface area contributed by atoms with Crippen LogP contribution in [-0.4, -0.2) is 36.2 Å². The summed E-state index contributed by atoms with van der Waals surface area (Å²) in [6, 6.07) is 14.7. The summed E-state index contributed by atoms with van der Waals surface area (Å²) < 4.78 is 0. The van der Waals surface area contributed by atoms with Crippen LogP contribution in [0.15, 0.2) is 42.5 Å². The number of amides is 1. The van der Waals surface area contributed by atoms with Crippen molar-refractivity contribution in [3.05, 3.63) is 70.3 Å². The van der Waals surface area contributed by atoms with E-state index in [1.165, 1.54) is 22.3 Å². The Bertz CT molecular complexity index is 880. The molecule has 2 aromatic rings. The first-order valence-corrected chi connectivity index (χ1v) is 10.8. The average molecular weight is 391 g/mol. The highest BCUT2D eigenvalue weighted by Gasteiger charge is 2.24. The summed E-state index contributed by atoms with van der Waals surface area (Å²) in [5.41, 5.74) is 5.93. The zero-order valence-electron chi connectivity index (χ0n) is 17.2. The maximum absolute atomic E-state index is 12.6. The number of benzene rings is 2. The molecule has 2 heterocycles. The summed E-state index contributed by atoms with van der Waals surface area (Å²) in [5, 5.41) is 3.35. The molecule has 1 N–H and O–H groups in total. The Morgan fingerprint density at radius 2 is 1.76 bits per heavy atom. The van der Waals surface area contributed by atoms with Crippen LogP contribution in [-0.2, 0) is 17.8 Å². The van der Waals surface area contributed by atoms with Crippen LogP contribution in [0.1, 0.15) is 64.2 Å². The molecule has 2 aromatic carbocycles. The summed E-state index contributed by atoms with van der Waals surface area (Å²) in [6.45, 7) is 5.50. The largest absolute Gasteiger partial charge is 0.343 e. The summed E-state index contributed by atoms with van der Waals surface area (Å²) in [6.07, 6.45) is 3.62. The Balaban J connectivity index is 1.27. The monoisotopic (exact) mass is 390 g/mol. The van der Waals surface area contributed by atoms with Crippen molar-refractivity contribution in [3.63, 3.8) is 0 Å². The van der Waals surface area contributed by atoms with Crippen LogP contribution < -0.4 is 5.32 Å². The summed E-state index contributed by atoms with van der Waals surface area (Å²) >= 11 is 0. The minimum absolute atomic E-state index is 0.0706. The lowest BCUT2D eigenvalue weighted by Crippen LogP contribution is -2.38. The lowest BCUT2D eigenvalue weighted by atomic mass is 9.89. The number of piperidine rings is 1. The van der Waals surface area contributed by atoms with Crippen molar-refractivity contribution in [3.8, 4) is 0 Å². The Morgan fingerprint density at radius 1 is 1.00 bits per heavy atom. The number of nitrogens with one attached hydrogen (secondary N) is 1. The fourth-order valence-electron chi connectivity index (χ4n) is 4.48. The van der Waals surface area contributed by atoms with E-state index >= 15 is 0 Å². The molecule has 1 fully saturated rings. The second-order valence-electron chi connectivity index (χ2n) is 8.40. The number of carbonyl (C=O) groups is 2. The van der Waals surface area contributed by atoms with Crippen LogP contribution in [0.4, 0.5) is 0 Å². The number of rotatable bonds is 5. The maximum atomic E-state index is 12.6. The Kier molecular flexibility index (Phi) is 6.10. The van der Waals surface area contributed by atoms with Crippen LogP contribution in [0.25, 0.3) is 0 Å². The third-order valence-corrected chi connectivity index (χ3v) is 6.38. The van der Waals surface area contributed by atoms with E-state index in [0.29, 0.717) is 18.8 Å². The molecule has 0 saturated carbocycles. The van der Waals surface area contributed by atoms with Crippen LogP contribution in [0.2, 0.25) is 0 Å². The molecule has 0 spiro atoms. The van der Waals surface area contributed by atoms with Gasteiger partial charge in [0.2, 0.25) is 5.91 Å². The zero-order chi connectivity index (χ0) is 20.2. The van der Waals surface area contributed by atoms with Crippen LogP contribution in [0, 0.1) is 6.92 Å². The zero-order valence-corrected chi connectivity index (χ0v) is 17.2. The molecule has 2 aliphatic rings. The molecule has 2 aliphatic heterocycles. The highest BCUT2D eigenvalue weighted by atomic mass is 16.2. The van der Waals surface area contributed by atoms with Gasteiger partial charge in [-0.3, -0.25) is 9.59 Å². The van der Waals surface area contributed by atoms with Crippen molar-refractivity contribution in [2.24, 2.45) is 0 Å². The normalized spacial score (nSPS) is 17.1. The fraction of sp³-hybridized carbons (Fsp3) is 0.440. The van der Waals surface area contributed by atoms with E-state index < -0.39 is 0 Å². The number of nitrogens with zero attached hydrogens (tertiary/aromatic N) is 1. The number of likely N-dealkylation sites (tertiary alicyclic amines) is 1. The third kappa shape index (κ3) is 4.76. The predicted octanol–water partition coefficient (Wildman–Crippen LogP) is 4.01. The Morgan fingerprint density at radius 3 is 2.52 bits per heavy atom. The van der Waals surface area contributed by atoms with Gasteiger partial charge in [0.1, 0.15) is 0 Å². The van der Waals surface area contributed by atoms with Gasteiger partial charge in [-0.05, 0) is 61.4 Å². The van der Waals surface area contributed by atoms with Crippen LogP contribution in [0.3, 0.4) is 0 Å². The predicted molar refractivity (Wildman–Crippen MR) is 115 cm³/mol. The number of carbonyl (C=O) groups excluding carboxylic acids is 2. The van der Waals surface area contributed by atoms with Gasteiger partial charge in [-0.25, -0.2) is 0 Å². The SMILES string of the molecule is Cc1ccc(C2CCN(C(=O)CCC(=O)c3ccc4c(c3)CNCC4)CC2)cc1. The van der Waals surface area contributed by atoms with Gasteiger partial charge in [-0.2, -0.15) is 0 Å². The highest BCUT2D eigenvalue weighted by Crippen LogP contribution is 2.28. The molecule has 4 heteroatoms. The quantitative estimate of drug-likeness (QED) is 0.785. The topological polar surface area (TPSA) is 49.4 Å². The van der Waals surface area contributed by atoms with Gasteiger partial charge < -0.3 is 10.2 Å². The van der Waals surface area contributed by atoms with E-state index in [2.05, 4.69) is 42.6 Å². The summed E-state index contributed by atoms with van der Waals surface area (Å²) in [7, 11) is 0. The van der Waals surface area contributed by atoms with Gasteiger partial charge in [0.15, 0.2) is 5.78 Å². The van der Waals surface area contributed by atoms with E-state index in [1.807, 2.05) is 17.0 Å². The van der Waals surface area contributed by atoms with Crippen molar-refractivity contribution in [2.45, 2.75) is 51.5 Å². The highest BCUT2D eigenvalue weighted by molar-refractivity contribution is 5.98. The first-order chi connectivity index (χ1) is 14.1. The van der Waals surface area contributed by atoms with Crippen molar-refractivity contribution in [2.75, 3.05) is 19.6 Å². The fourth-order valence-corrected chi connectivity index (χ4v) is 4.48. The van der Waals surface area contributed by atoms with E-state index in [-0.39, 0.29) is 11.7 Å². The Hall–Kier alpha value is -2.46. The summed E-state index contributed by atoms with van der Waals surface area (Å²) in [4.78, 5) is 27.1. The van der Waals surface area contributed by atoms with Gasteiger partial charge >= 0.3 is 0 Å². The minimum atomic E-state index is 0.0706. The first-order valence-electron chi connectivity index (χ1n) is 10.8. The number of hydrogen-bond donors (Lipinski definition) is 1. The van der Waals surface area contributed by atoms with Crippen LogP contribution in [0.5, 0.6) is 0 Å². The molecule has 0 aromatic heterocycles. The van der Waals surface area contributed by atoms with Crippen molar-refractivity contribution in [1.82, 2.24) is 10.2 Å². The first kappa shape index (κ1) is 19.8. The molecule has 0 atom stereocenters. The van der Waals surface area contributed by atoms with Gasteiger partial charge in [0, 0.05) is 38.0 Å². The molecule has 29 heavy (non-hydrogen) atoms. The maximum Gasteiger partial charge on any atom is 0.223 e. The van der Waals surface area contributed by atoms with Gasteiger partial charge in [0.25, 0.3) is 0 Å². The second-order valence-corrected chi connectivity index (χ2v) is 8.40. The van der Waals surface area contributed by atoms with E-state index in [0.717, 1.165) is 51.0 Å².